The lowest BCUT2D eigenvalue weighted by Gasteiger charge is -2.18. The van der Waals surface area contributed by atoms with E-state index in [1.54, 1.807) is 24.3 Å². The molecule has 0 saturated heterocycles. The molecule has 1 aromatic carbocycles. The molecule has 0 bridgehead atoms. The summed E-state index contributed by atoms with van der Waals surface area (Å²) >= 11 is 0. The van der Waals surface area contributed by atoms with Crippen LogP contribution in [0.4, 0.5) is 10.5 Å². The Morgan fingerprint density at radius 2 is 1.86 bits per heavy atom. The lowest BCUT2D eigenvalue weighted by Crippen LogP contribution is -2.40. The smallest absolute Gasteiger partial charge is 0.319 e. The third-order valence-corrected chi connectivity index (χ3v) is 5.03. The molecule has 0 radical (unpaired) electrons. The number of sulfone groups is 1. The molecule has 2 aliphatic carbocycles. The van der Waals surface area contributed by atoms with Crippen LogP contribution < -0.4 is 10.6 Å². The van der Waals surface area contributed by atoms with E-state index in [1.165, 1.54) is 31.9 Å². The summed E-state index contributed by atoms with van der Waals surface area (Å²) in [7, 11) is -3.08. The van der Waals surface area contributed by atoms with Crippen LogP contribution in [0.15, 0.2) is 24.3 Å². The summed E-state index contributed by atoms with van der Waals surface area (Å²) in [5.74, 6) is 1.28. The molecule has 0 aliphatic heterocycles. The van der Waals surface area contributed by atoms with Crippen molar-refractivity contribution in [3.05, 3.63) is 29.8 Å². The van der Waals surface area contributed by atoms with Gasteiger partial charge in [0.1, 0.15) is 0 Å². The maximum Gasteiger partial charge on any atom is 0.319 e. The SMILES string of the molecule is CS(=O)(=O)Cc1cccc(NC(=O)NC(C2CC2)C2CC2)c1. The zero-order chi connectivity index (χ0) is 15.7. The zero-order valence-electron chi connectivity index (χ0n) is 12.7. The predicted octanol–water partition coefficient (Wildman–Crippen LogP) is 2.54. The van der Waals surface area contributed by atoms with Crippen molar-refractivity contribution in [1.29, 1.82) is 0 Å². The third kappa shape index (κ3) is 4.47. The number of nitrogens with one attached hydrogen (secondary N) is 2. The van der Waals surface area contributed by atoms with Gasteiger partial charge in [-0.1, -0.05) is 12.1 Å². The highest BCUT2D eigenvalue weighted by atomic mass is 32.2. The Hall–Kier alpha value is -1.56. The van der Waals surface area contributed by atoms with E-state index in [2.05, 4.69) is 10.6 Å². The van der Waals surface area contributed by atoms with Crippen molar-refractivity contribution in [2.24, 2.45) is 11.8 Å². The van der Waals surface area contributed by atoms with E-state index >= 15 is 0 Å². The minimum absolute atomic E-state index is 0.0170. The van der Waals surface area contributed by atoms with Gasteiger partial charge in [-0.3, -0.25) is 0 Å². The number of hydrogen-bond donors (Lipinski definition) is 2. The minimum Gasteiger partial charge on any atom is -0.335 e. The van der Waals surface area contributed by atoms with Crippen LogP contribution in [0.1, 0.15) is 31.2 Å². The first-order valence-electron chi connectivity index (χ1n) is 7.75. The fourth-order valence-electron chi connectivity index (χ4n) is 2.89. The fraction of sp³-hybridized carbons (Fsp3) is 0.562. The summed E-state index contributed by atoms with van der Waals surface area (Å²) in [6.07, 6.45) is 6.06. The van der Waals surface area contributed by atoms with Crippen molar-refractivity contribution in [1.82, 2.24) is 5.32 Å². The van der Waals surface area contributed by atoms with Crippen molar-refractivity contribution >= 4 is 21.6 Å². The molecule has 5 nitrogen and oxygen atoms in total. The molecule has 6 heteroatoms. The maximum atomic E-state index is 12.1. The molecule has 2 aliphatic rings. The highest BCUT2D eigenvalue weighted by Gasteiger charge is 2.42. The van der Waals surface area contributed by atoms with Gasteiger partial charge in [0.25, 0.3) is 0 Å². The van der Waals surface area contributed by atoms with E-state index < -0.39 is 9.84 Å². The number of carbonyl (C=O) groups is 1. The van der Waals surface area contributed by atoms with E-state index in [-0.39, 0.29) is 11.8 Å². The van der Waals surface area contributed by atoms with Gasteiger partial charge >= 0.3 is 6.03 Å². The Morgan fingerprint density at radius 1 is 1.23 bits per heavy atom. The van der Waals surface area contributed by atoms with Gasteiger partial charge < -0.3 is 10.6 Å². The lowest BCUT2D eigenvalue weighted by molar-refractivity contribution is 0.245. The average molecular weight is 322 g/mol. The molecule has 2 saturated carbocycles. The molecule has 1 aromatic rings. The molecule has 2 fully saturated rings. The Labute approximate surface area is 131 Å². The molecule has 120 valence electrons. The first-order chi connectivity index (χ1) is 10.4. The quantitative estimate of drug-likeness (QED) is 0.845. The summed E-state index contributed by atoms with van der Waals surface area (Å²) < 4.78 is 22.7. The topological polar surface area (TPSA) is 75.3 Å². The summed E-state index contributed by atoms with van der Waals surface area (Å²) in [5.41, 5.74) is 1.31. The predicted molar refractivity (Wildman–Crippen MR) is 86.4 cm³/mol. The number of amides is 2. The molecule has 0 unspecified atom stereocenters. The standard InChI is InChI=1S/C16H22N2O3S/c1-22(20,21)10-11-3-2-4-14(9-11)17-16(19)18-15(12-5-6-12)13-7-8-13/h2-4,9,12-13,15H,5-8,10H2,1H3,(H2,17,18,19). The molecule has 22 heavy (non-hydrogen) atoms. The molecular formula is C16H22N2O3S. The molecule has 3 rings (SSSR count). The molecule has 0 aromatic heterocycles. The minimum atomic E-state index is -3.08. The van der Waals surface area contributed by atoms with E-state index in [0.29, 0.717) is 29.1 Å². The van der Waals surface area contributed by atoms with Gasteiger partial charge in [-0.2, -0.15) is 0 Å². The van der Waals surface area contributed by atoms with Gasteiger partial charge in [-0.25, -0.2) is 13.2 Å². The van der Waals surface area contributed by atoms with Crippen LogP contribution in [-0.4, -0.2) is 26.7 Å². The lowest BCUT2D eigenvalue weighted by atomic mass is 10.1. The molecule has 0 heterocycles. The Morgan fingerprint density at radius 3 is 2.41 bits per heavy atom. The van der Waals surface area contributed by atoms with Gasteiger partial charge in [0.05, 0.1) is 5.75 Å². The van der Waals surface area contributed by atoms with Gasteiger partial charge in [-0.05, 0) is 55.2 Å². The van der Waals surface area contributed by atoms with E-state index in [1.807, 2.05) is 0 Å². The highest BCUT2D eigenvalue weighted by Crippen LogP contribution is 2.44. The zero-order valence-corrected chi connectivity index (χ0v) is 13.5. The summed E-state index contributed by atoms with van der Waals surface area (Å²) in [4.78, 5) is 12.1. The van der Waals surface area contributed by atoms with Crippen molar-refractivity contribution in [3.8, 4) is 0 Å². The third-order valence-electron chi connectivity index (χ3n) is 4.17. The Kier molecular flexibility index (Phi) is 4.12. The first kappa shape index (κ1) is 15.3. The van der Waals surface area contributed by atoms with Crippen molar-refractivity contribution < 1.29 is 13.2 Å². The molecular weight excluding hydrogens is 300 g/mol. The molecule has 0 spiro atoms. The van der Waals surface area contributed by atoms with Crippen molar-refractivity contribution in [2.45, 2.75) is 37.5 Å². The van der Waals surface area contributed by atoms with E-state index in [9.17, 15) is 13.2 Å². The van der Waals surface area contributed by atoms with Crippen LogP contribution in [0.2, 0.25) is 0 Å². The first-order valence-corrected chi connectivity index (χ1v) is 9.81. The number of hydrogen-bond acceptors (Lipinski definition) is 3. The number of anilines is 1. The van der Waals surface area contributed by atoms with E-state index in [4.69, 9.17) is 0 Å². The van der Waals surface area contributed by atoms with Gasteiger partial charge in [0.2, 0.25) is 0 Å². The molecule has 0 atom stereocenters. The Balaban J connectivity index is 1.59. The van der Waals surface area contributed by atoms with Crippen LogP contribution >= 0.6 is 0 Å². The van der Waals surface area contributed by atoms with Gasteiger partial charge in [0.15, 0.2) is 9.84 Å². The Bertz CT molecular complexity index is 652. The normalized spacial score (nSPS) is 18.3. The fourth-order valence-corrected chi connectivity index (χ4v) is 3.68. The second-order valence-corrected chi connectivity index (χ2v) is 8.71. The molecule has 2 N–H and O–H groups in total. The summed E-state index contributed by atoms with van der Waals surface area (Å²) in [6.45, 7) is 0. The monoisotopic (exact) mass is 322 g/mol. The molecule has 2 amide bonds. The van der Waals surface area contributed by atoms with Crippen molar-refractivity contribution in [2.75, 3.05) is 11.6 Å². The maximum absolute atomic E-state index is 12.1. The number of urea groups is 1. The van der Waals surface area contributed by atoms with Crippen LogP contribution in [0.25, 0.3) is 0 Å². The van der Waals surface area contributed by atoms with Gasteiger partial charge in [-0.15, -0.1) is 0 Å². The van der Waals surface area contributed by atoms with Crippen LogP contribution in [0.5, 0.6) is 0 Å². The number of carbonyl (C=O) groups excluding carboxylic acids is 1. The average Bonchev–Trinajstić information content (AvgIpc) is 3.26. The van der Waals surface area contributed by atoms with Crippen LogP contribution in [-0.2, 0) is 15.6 Å². The summed E-state index contributed by atoms with van der Waals surface area (Å²) in [5, 5.41) is 5.91. The number of rotatable bonds is 6. The second-order valence-electron chi connectivity index (χ2n) is 6.57. The van der Waals surface area contributed by atoms with E-state index in [0.717, 1.165) is 0 Å². The van der Waals surface area contributed by atoms with Gasteiger partial charge in [0, 0.05) is 18.0 Å². The summed E-state index contributed by atoms with van der Waals surface area (Å²) in [6, 6.07) is 7.11. The van der Waals surface area contributed by atoms with Crippen LogP contribution in [0, 0.1) is 11.8 Å². The van der Waals surface area contributed by atoms with Crippen LogP contribution in [0.3, 0.4) is 0 Å². The highest BCUT2D eigenvalue weighted by molar-refractivity contribution is 7.89. The number of benzene rings is 1. The largest absolute Gasteiger partial charge is 0.335 e. The van der Waals surface area contributed by atoms with Crippen molar-refractivity contribution in [3.63, 3.8) is 0 Å². The second kappa shape index (κ2) is 5.91.